The molecule has 0 aliphatic carbocycles. The molecule has 0 fully saturated rings. The van der Waals surface area contributed by atoms with Crippen molar-refractivity contribution >= 4 is 27.3 Å². The molecule has 7 heteroatoms. The van der Waals surface area contributed by atoms with E-state index in [2.05, 4.69) is 31.3 Å². The van der Waals surface area contributed by atoms with Crippen molar-refractivity contribution in [1.29, 1.82) is 0 Å². The number of hydrogen-bond acceptors (Lipinski definition) is 4. The summed E-state index contributed by atoms with van der Waals surface area (Å²) in [5.74, 6) is 0.196. The minimum Gasteiger partial charge on any atom is -0.365 e. The number of carbonyl (C=O) groups excluding carboxylic acids is 1. The van der Waals surface area contributed by atoms with E-state index in [-0.39, 0.29) is 17.3 Å². The van der Waals surface area contributed by atoms with Gasteiger partial charge in [0, 0.05) is 32.5 Å². The number of carbonyl (C=O) groups is 1. The van der Waals surface area contributed by atoms with Crippen molar-refractivity contribution in [3.63, 3.8) is 0 Å². The van der Waals surface area contributed by atoms with E-state index in [1.54, 1.807) is 19.1 Å². The molecule has 0 aromatic heterocycles. The van der Waals surface area contributed by atoms with E-state index in [0.29, 0.717) is 17.2 Å². The predicted octanol–water partition coefficient (Wildman–Crippen LogP) is 3.44. The third-order valence-electron chi connectivity index (χ3n) is 4.59. The molecule has 2 rings (SSSR count). The van der Waals surface area contributed by atoms with Crippen LogP contribution in [0.2, 0.25) is 0 Å². The van der Waals surface area contributed by atoms with E-state index in [1.807, 2.05) is 24.1 Å². The second kappa shape index (κ2) is 8.75. The zero-order valence-electron chi connectivity index (χ0n) is 17.4. The van der Waals surface area contributed by atoms with Crippen LogP contribution in [0.5, 0.6) is 0 Å². The number of benzene rings is 2. The quantitative estimate of drug-likeness (QED) is 0.769. The second-order valence-corrected chi connectivity index (χ2v) is 9.54. The summed E-state index contributed by atoms with van der Waals surface area (Å²) in [6.07, 6.45) is 0. The number of nitrogens with one attached hydrogen (secondary N) is 1. The van der Waals surface area contributed by atoms with Crippen LogP contribution in [0.1, 0.15) is 30.9 Å². The Morgan fingerprint density at radius 3 is 2.36 bits per heavy atom. The Balaban J connectivity index is 2.14. The van der Waals surface area contributed by atoms with Crippen LogP contribution in [0.15, 0.2) is 47.4 Å². The molecule has 2 aromatic rings. The molecule has 0 aliphatic rings. The lowest BCUT2D eigenvalue weighted by Gasteiger charge is -2.20. The van der Waals surface area contributed by atoms with Gasteiger partial charge >= 0.3 is 0 Å². The number of likely N-dealkylation sites (N-methyl/N-ethyl adjacent to an activating group) is 1. The van der Waals surface area contributed by atoms with Crippen molar-refractivity contribution in [2.24, 2.45) is 0 Å². The Hall–Kier alpha value is -2.38. The van der Waals surface area contributed by atoms with Crippen LogP contribution in [-0.2, 0) is 14.8 Å². The third-order valence-corrected chi connectivity index (χ3v) is 6.55. The van der Waals surface area contributed by atoms with E-state index < -0.39 is 10.0 Å². The van der Waals surface area contributed by atoms with Crippen LogP contribution in [-0.4, -0.2) is 46.3 Å². The standard InChI is InChI=1S/C21H29N3O3S/c1-15(2)17-8-7-9-19(12-17)24(6)14-21(25)22-18-11-10-16(3)20(13-18)28(26,27)23(4)5/h7-13,15H,14H2,1-6H3,(H,22,25). The molecule has 0 bridgehead atoms. The van der Waals surface area contributed by atoms with Crippen molar-refractivity contribution in [1.82, 2.24) is 4.31 Å². The normalized spacial score (nSPS) is 11.7. The van der Waals surface area contributed by atoms with Crippen LogP contribution in [0.4, 0.5) is 11.4 Å². The summed E-state index contributed by atoms with van der Waals surface area (Å²) < 4.78 is 26.1. The summed E-state index contributed by atoms with van der Waals surface area (Å²) in [5.41, 5.74) is 3.26. The summed E-state index contributed by atoms with van der Waals surface area (Å²) in [7, 11) is 1.26. The van der Waals surface area contributed by atoms with Gasteiger partial charge in [-0.25, -0.2) is 12.7 Å². The summed E-state index contributed by atoms with van der Waals surface area (Å²) >= 11 is 0. The molecule has 0 spiro atoms. The Kier molecular flexibility index (Phi) is 6.85. The molecular weight excluding hydrogens is 374 g/mol. The summed E-state index contributed by atoms with van der Waals surface area (Å²) in [6, 6.07) is 13.0. The van der Waals surface area contributed by atoms with Crippen molar-refractivity contribution in [3.05, 3.63) is 53.6 Å². The molecule has 0 aliphatic heterocycles. The molecule has 0 saturated heterocycles. The van der Waals surface area contributed by atoms with Gasteiger partial charge in [-0.3, -0.25) is 4.79 Å². The first-order chi connectivity index (χ1) is 13.0. The first-order valence-electron chi connectivity index (χ1n) is 9.16. The lowest BCUT2D eigenvalue weighted by atomic mass is 10.0. The van der Waals surface area contributed by atoms with Gasteiger partial charge in [0.1, 0.15) is 0 Å². The minimum atomic E-state index is -3.57. The van der Waals surface area contributed by atoms with Crippen LogP contribution < -0.4 is 10.2 Å². The van der Waals surface area contributed by atoms with Crippen molar-refractivity contribution in [2.75, 3.05) is 37.9 Å². The van der Waals surface area contributed by atoms with Gasteiger partial charge in [0.2, 0.25) is 15.9 Å². The van der Waals surface area contributed by atoms with Gasteiger partial charge < -0.3 is 10.2 Å². The molecule has 2 aromatic carbocycles. The van der Waals surface area contributed by atoms with Crippen LogP contribution in [0, 0.1) is 6.92 Å². The molecule has 152 valence electrons. The minimum absolute atomic E-state index is 0.158. The lowest BCUT2D eigenvalue weighted by molar-refractivity contribution is -0.114. The molecule has 0 heterocycles. The van der Waals surface area contributed by atoms with Crippen molar-refractivity contribution in [3.8, 4) is 0 Å². The Morgan fingerprint density at radius 1 is 1.07 bits per heavy atom. The second-order valence-electron chi connectivity index (χ2n) is 7.42. The fraction of sp³-hybridized carbons (Fsp3) is 0.381. The molecule has 0 saturated carbocycles. The highest BCUT2D eigenvalue weighted by Crippen LogP contribution is 2.23. The van der Waals surface area contributed by atoms with Gasteiger partial charge in [-0.05, 0) is 48.2 Å². The van der Waals surface area contributed by atoms with Gasteiger partial charge in [0.15, 0.2) is 0 Å². The van der Waals surface area contributed by atoms with E-state index in [4.69, 9.17) is 0 Å². The van der Waals surface area contributed by atoms with E-state index in [0.717, 1.165) is 9.99 Å². The van der Waals surface area contributed by atoms with Crippen LogP contribution in [0.3, 0.4) is 0 Å². The molecule has 0 radical (unpaired) electrons. The maximum absolute atomic E-state index is 12.5. The first-order valence-corrected chi connectivity index (χ1v) is 10.6. The topological polar surface area (TPSA) is 69.7 Å². The number of hydrogen-bond donors (Lipinski definition) is 1. The number of anilines is 2. The first kappa shape index (κ1) is 21.9. The predicted molar refractivity (Wildman–Crippen MR) is 114 cm³/mol. The Bertz CT molecular complexity index is 953. The fourth-order valence-electron chi connectivity index (χ4n) is 2.78. The third kappa shape index (κ3) is 5.11. The van der Waals surface area contributed by atoms with Gasteiger partial charge in [-0.2, -0.15) is 0 Å². The summed E-state index contributed by atoms with van der Waals surface area (Å²) in [4.78, 5) is 14.5. The maximum atomic E-state index is 12.5. The maximum Gasteiger partial charge on any atom is 0.243 e. The van der Waals surface area contributed by atoms with E-state index >= 15 is 0 Å². The van der Waals surface area contributed by atoms with Gasteiger partial charge in [-0.15, -0.1) is 0 Å². The molecule has 1 amide bonds. The van der Waals surface area contributed by atoms with Crippen molar-refractivity contribution in [2.45, 2.75) is 31.6 Å². The number of nitrogens with zero attached hydrogens (tertiary/aromatic N) is 2. The zero-order chi connectivity index (χ0) is 21.1. The lowest BCUT2D eigenvalue weighted by Crippen LogP contribution is -2.30. The highest BCUT2D eigenvalue weighted by atomic mass is 32.2. The molecule has 1 N–H and O–H groups in total. The average molecular weight is 404 g/mol. The Morgan fingerprint density at radius 2 is 1.75 bits per heavy atom. The molecule has 0 atom stereocenters. The smallest absolute Gasteiger partial charge is 0.243 e. The fourth-order valence-corrected chi connectivity index (χ4v) is 3.93. The largest absolute Gasteiger partial charge is 0.365 e. The monoisotopic (exact) mass is 403 g/mol. The number of rotatable bonds is 7. The van der Waals surface area contributed by atoms with E-state index in [9.17, 15) is 13.2 Å². The van der Waals surface area contributed by atoms with Gasteiger partial charge in [-0.1, -0.05) is 32.0 Å². The van der Waals surface area contributed by atoms with Crippen LogP contribution in [0.25, 0.3) is 0 Å². The number of sulfonamides is 1. The number of amides is 1. The zero-order valence-corrected chi connectivity index (χ0v) is 18.2. The summed E-state index contributed by atoms with van der Waals surface area (Å²) in [5, 5.41) is 2.80. The SMILES string of the molecule is Cc1ccc(NC(=O)CN(C)c2cccc(C(C)C)c2)cc1S(=O)(=O)N(C)C. The molecule has 28 heavy (non-hydrogen) atoms. The molecule has 0 unspecified atom stereocenters. The number of aryl methyl sites for hydroxylation is 1. The van der Waals surface area contributed by atoms with Crippen molar-refractivity contribution < 1.29 is 13.2 Å². The molecule has 6 nitrogen and oxygen atoms in total. The van der Waals surface area contributed by atoms with Gasteiger partial charge in [0.25, 0.3) is 0 Å². The highest BCUT2D eigenvalue weighted by molar-refractivity contribution is 7.89. The van der Waals surface area contributed by atoms with Crippen LogP contribution >= 0.6 is 0 Å². The van der Waals surface area contributed by atoms with Gasteiger partial charge in [0.05, 0.1) is 11.4 Å². The highest BCUT2D eigenvalue weighted by Gasteiger charge is 2.20. The molecular formula is C21H29N3O3S. The summed E-state index contributed by atoms with van der Waals surface area (Å²) in [6.45, 7) is 6.15. The average Bonchev–Trinajstić information content (AvgIpc) is 2.63. The Labute approximate surface area is 168 Å². The van der Waals surface area contributed by atoms with E-state index in [1.165, 1.54) is 25.7 Å².